The molecule has 13 heavy (non-hydrogen) atoms. The van der Waals surface area contributed by atoms with Crippen LogP contribution in [-0.2, 0) is 14.3 Å². The number of esters is 1. The molecule has 0 aromatic rings. The Morgan fingerprint density at radius 2 is 2.38 bits per heavy atom. The zero-order valence-electron chi connectivity index (χ0n) is 7.36. The highest BCUT2D eigenvalue weighted by Gasteiger charge is 2.35. The molecule has 1 N–H and O–H groups in total. The fourth-order valence-electron chi connectivity index (χ4n) is 1.03. The van der Waals surface area contributed by atoms with Crippen molar-refractivity contribution in [2.75, 3.05) is 0 Å². The molecule has 0 saturated carbocycles. The van der Waals surface area contributed by atoms with Gasteiger partial charge in [0.25, 0.3) is 0 Å². The van der Waals surface area contributed by atoms with Gasteiger partial charge in [-0.1, -0.05) is 0 Å². The van der Waals surface area contributed by atoms with Gasteiger partial charge in [-0.05, 0) is 6.92 Å². The largest absolute Gasteiger partial charge is 0.493 e. The molecule has 0 radical (unpaired) electrons. The molecule has 0 amide bonds. The van der Waals surface area contributed by atoms with Crippen LogP contribution in [0.3, 0.4) is 0 Å². The second-order valence-electron chi connectivity index (χ2n) is 2.86. The summed E-state index contributed by atoms with van der Waals surface area (Å²) in [6.07, 6.45) is -2.12. The molecule has 0 bridgehead atoms. The highest BCUT2D eigenvalue weighted by atomic mass is 19.1. The number of rotatable bonds is 1. The Bertz CT molecular complexity index is 238. The Morgan fingerprint density at radius 1 is 1.77 bits per heavy atom. The number of hydrogen-bond donors (Lipinski definition) is 1. The van der Waals surface area contributed by atoms with E-state index >= 15 is 0 Å². The van der Waals surface area contributed by atoms with Gasteiger partial charge in [-0.2, -0.15) is 0 Å². The minimum absolute atomic E-state index is 0.580. The molecule has 0 saturated heterocycles. The highest BCUT2D eigenvalue weighted by Crippen LogP contribution is 2.22. The van der Waals surface area contributed by atoms with E-state index in [1.54, 1.807) is 6.92 Å². The van der Waals surface area contributed by atoms with Crippen LogP contribution in [-0.4, -0.2) is 29.4 Å². The van der Waals surface area contributed by atoms with Crippen LogP contribution in [0.2, 0.25) is 0 Å². The normalized spacial score (nSPS) is 33.2. The lowest BCUT2D eigenvalue weighted by molar-refractivity contribution is -0.158. The first-order valence-electron chi connectivity index (χ1n) is 3.88. The third-order valence-electron chi connectivity index (χ3n) is 1.75. The first-order valence-corrected chi connectivity index (χ1v) is 3.88. The molecular formula is C8H11FO4. The third kappa shape index (κ3) is 2.18. The number of aliphatic hydroxyl groups is 1. The molecule has 1 rings (SSSR count). The fourth-order valence-corrected chi connectivity index (χ4v) is 1.03. The zero-order valence-corrected chi connectivity index (χ0v) is 7.36. The zero-order chi connectivity index (χ0) is 10.0. The molecule has 0 fully saturated rings. The van der Waals surface area contributed by atoms with Crippen molar-refractivity contribution >= 4 is 5.97 Å². The Labute approximate surface area is 74.9 Å². The topological polar surface area (TPSA) is 55.8 Å². The number of hydrogen-bond acceptors (Lipinski definition) is 4. The fraction of sp³-hybridized carbons (Fsp3) is 0.625. The van der Waals surface area contributed by atoms with Gasteiger partial charge < -0.3 is 14.6 Å². The van der Waals surface area contributed by atoms with Gasteiger partial charge in [0.05, 0.1) is 0 Å². The van der Waals surface area contributed by atoms with Gasteiger partial charge in [0, 0.05) is 6.92 Å². The van der Waals surface area contributed by atoms with Crippen molar-refractivity contribution in [1.29, 1.82) is 0 Å². The number of carbonyl (C=O) groups excluding carboxylic acids is 1. The summed E-state index contributed by atoms with van der Waals surface area (Å²) in [4.78, 5) is 10.5. The first kappa shape index (κ1) is 9.98. The highest BCUT2D eigenvalue weighted by molar-refractivity contribution is 5.66. The van der Waals surface area contributed by atoms with Crippen molar-refractivity contribution in [3.63, 3.8) is 0 Å². The van der Waals surface area contributed by atoms with Gasteiger partial charge in [0.15, 0.2) is 11.9 Å². The summed E-state index contributed by atoms with van der Waals surface area (Å²) >= 11 is 0. The summed E-state index contributed by atoms with van der Waals surface area (Å²) in [6.45, 7) is 2.71. The van der Waals surface area contributed by atoms with Crippen LogP contribution in [0, 0.1) is 0 Å². The van der Waals surface area contributed by atoms with Crippen molar-refractivity contribution in [3.8, 4) is 0 Å². The smallest absolute Gasteiger partial charge is 0.303 e. The second-order valence-corrected chi connectivity index (χ2v) is 2.86. The van der Waals surface area contributed by atoms with E-state index in [4.69, 9.17) is 4.74 Å². The minimum atomic E-state index is -1.23. The maximum atomic E-state index is 12.9. The summed E-state index contributed by atoms with van der Waals surface area (Å²) in [5.41, 5.74) is 0. The lowest BCUT2D eigenvalue weighted by Gasteiger charge is -2.29. The molecule has 1 aliphatic heterocycles. The van der Waals surface area contributed by atoms with Crippen molar-refractivity contribution < 1.29 is 23.8 Å². The average molecular weight is 190 g/mol. The Balaban J connectivity index is 2.73. The standard InChI is InChI=1S/C8H11FO4/c1-4-7(11)8(13-5(2)10)6(9)3-12-4/h3-4,7-8,11H,1-2H3/t4-,7+,8-/m0/s1. The quantitative estimate of drug-likeness (QED) is 0.612. The van der Waals surface area contributed by atoms with Crippen LogP contribution < -0.4 is 0 Å². The van der Waals surface area contributed by atoms with E-state index in [0.717, 1.165) is 13.2 Å². The van der Waals surface area contributed by atoms with Gasteiger partial charge >= 0.3 is 5.97 Å². The van der Waals surface area contributed by atoms with Gasteiger partial charge in [-0.15, -0.1) is 0 Å². The molecule has 0 aliphatic carbocycles. The molecule has 0 aromatic carbocycles. The molecule has 4 nitrogen and oxygen atoms in total. The average Bonchev–Trinajstić information content (AvgIpc) is 2.05. The van der Waals surface area contributed by atoms with Crippen LogP contribution in [0.25, 0.3) is 0 Å². The summed E-state index contributed by atoms with van der Waals surface area (Å²) in [6, 6.07) is 0. The second kappa shape index (κ2) is 3.74. The molecule has 0 spiro atoms. The Hall–Kier alpha value is -1.10. The van der Waals surface area contributed by atoms with E-state index in [1.807, 2.05) is 0 Å². The van der Waals surface area contributed by atoms with Gasteiger partial charge in [-0.25, -0.2) is 4.39 Å². The van der Waals surface area contributed by atoms with E-state index in [9.17, 15) is 14.3 Å². The Kier molecular flexibility index (Phi) is 2.87. The molecule has 74 valence electrons. The van der Waals surface area contributed by atoms with Crippen LogP contribution >= 0.6 is 0 Å². The van der Waals surface area contributed by atoms with Crippen LogP contribution in [0.1, 0.15) is 13.8 Å². The van der Waals surface area contributed by atoms with Gasteiger partial charge in [0.1, 0.15) is 18.5 Å². The molecule has 1 aliphatic rings. The molecule has 5 heteroatoms. The lowest BCUT2D eigenvalue weighted by Crippen LogP contribution is -2.42. The SMILES string of the molecule is CC(=O)O[C@H]1C(F)=CO[C@@H](C)[C@H]1O. The minimum Gasteiger partial charge on any atom is -0.493 e. The summed E-state index contributed by atoms with van der Waals surface area (Å²) < 4.78 is 22.2. The van der Waals surface area contributed by atoms with Crippen molar-refractivity contribution in [2.45, 2.75) is 32.2 Å². The number of carbonyl (C=O) groups is 1. The van der Waals surface area contributed by atoms with Gasteiger partial charge in [-0.3, -0.25) is 4.79 Å². The number of halogens is 1. The van der Waals surface area contributed by atoms with E-state index in [-0.39, 0.29) is 0 Å². The van der Waals surface area contributed by atoms with E-state index in [0.29, 0.717) is 0 Å². The van der Waals surface area contributed by atoms with E-state index in [1.165, 1.54) is 0 Å². The summed E-state index contributed by atoms with van der Waals surface area (Å²) in [7, 11) is 0. The van der Waals surface area contributed by atoms with Crippen molar-refractivity contribution in [2.24, 2.45) is 0 Å². The molecule has 1 heterocycles. The molecular weight excluding hydrogens is 179 g/mol. The van der Waals surface area contributed by atoms with E-state index in [2.05, 4.69) is 4.74 Å². The Morgan fingerprint density at radius 3 is 2.92 bits per heavy atom. The lowest BCUT2D eigenvalue weighted by atomic mass is 10.1. The van der Waals surface area contributed by atoms with Crippen LogP contribution in [0.4, 0.5) is 4.39 Å². The van der Waals surface area contributed by atoms with Crippen LogP contribution in [0.5, 0.6) is 0 Å². The number of ether oxygens (including phenoxy) is 2. The molecule has 0 aromatic heterocycles. The number of aliphatic hydroxyl groups excluding tert-OH is 1. The first-order chi connectivity index (χ1) is 6.02. The predicted molar refractivity (Wildman–Crippen MR) is 41.3 cm³/mol. The molecule has 0 unspecified atom stereocenters. The maximum Gasteiger partial charge on any atom is 0.303 e. The monoisotopic (exact) mass is 190 g/mol. The van der Waals surface area contributed by atoms with Gasteiger partial charge in [0.2, 0.25) is 0 Å². The van der Waals surface area contributed by atoms with Crippen molar-refractivity contribution in [3.05, 3.63) is 12.1 Å². The third-order valence-corrected chi connectivity index (χ3v) is 1.75. The molecule has 3 atom stereocenters. The van der Waals surface area contributed by atoms with Crippen LogP contribution in [0.15, 0.2) is 12.1 Å². The summed E-state index contributed by atoms with van der Waals surface area (Å²) in [5.74, 6) is -1.41. The van der Waals surface area contributed by atoms with E-state index < -0.39 is 30.1 Å². The van der Waals surface area contributed by atoms with Crippen molar-refractivity contribution in [1.82, 2.24) is 0 Å². The predicted octanol–water partition coefficient (Wildman–Crippen LogP) is 0.509. The summed E-state index contributed by atoms with van der Waals surface area (Å²) in [5, 5.41) is 9.37. The maximum absolute atomic E-state index is 12.9.